The third-order valence-corrected chi connectivity index (χ3v) is 2.23. The first-order valence-electron chi connectivity index (χ1n) is 4.03. The van der Waals surface area contributed by atoms with Gasteiger partial charge in [-0.3, -0.25) is 0 Å². The molecule has 1 N–H and O–H groups in total. The first-order chi connectivity index (χ1) is 6.36. The fourth-order valence-corrected chi connectivity index (χ4v) is 1.54. The maximum absolute atomic E-state index is 9.74. The van der Waals surface area contributed by atoms with Crippen LogP contribution in [0.5, 0.6) is 5.75 Å². The molecule has 0 atom stereocenters. The third-order valence-electron chi connectivity index (χ3n) is 2.23. The molecule has 0 aromatic heterocycles. The molecule has 0 amide bonds. The number of rotatable bonds is 0. The van der Waals surface area contributed by atoms with Gasteiger partial charge in [0.1, 0.15) is 5.69 Å². The normalized spacial score (nSPS) is 12.6. The lowest BCUT2D eigenvalue weighted by molar-refractivity contribution is 0.481. The summed E-state index contributed by atoms with van der Waals surface area (Å²) in [6.07, 6.45) is 0. The summed E-state index contributed by atoms with van der Waals surface area (Å²) in [5, 5.41) is 19.1. The van der Waals surface area contributed by atoms with Crippen molar-refractivity contribution < 1.29 is 5.11 Å². The highest BCUT2D eigenvalue weighted by atomic mass is 16.3. The van der Waals surface area contributed by atoms with Crippen LogP contribution >= 0.6 is 0 Å². The average Bonchev–Trinajstić information content (AvgIpc) is 2.11. The highest BCUT2D eigenvalue weighted by Gasteiger charge is 2.17. The van der Waals surface area contributed by atoms with Gasteiger partial charge < -0.3 is 5.11 Å². The van der Waals surface area contributed by atoms with Crippen LogP contribution in [0.25, 0.3) is 10.8 Å². The van der Waals surface area contributed by atoms with Crippen LogP contribution in [0.3, 0.4) is 0 Å². The maximum Gasteiger partial charge on any atom is 0.155 e. The van der Waals surface area contributed by atoms with Crippen LogP contribution in [-0.2, 0) is 0 Å². The Morgan fingerprint density at radius 2 is 1.92 bits per heavy atom. The fourth-order valence-electron chi connectivity index (χ4n) is 1.54. The number of phenols is 1. The second kappa shape index (κ2) is 2.07. The van der Waals surface area contributed by atoms with Gasteiger partial charge in [-0.05, 0) is 11.5 Å². The Labute approximate surface area is 74.3 Å². The minimum Gasteiger partial charge on any atom is -0.505 e. The van der Waals surface area contributed by atoms with E-state index in [0.717, 1.165) is 16.5 Å². The molecule has 1 aliphatic heterocycles. The Balaban J connectivity index is 2.52. The fraction of sp³-hybridized carbons (Fsp3) is 0. The van der Waals surface area contributed by atoms with Crippen LogP contribution in [0.15, 0.2) is 40.6 Å². The van der Waals surface area contributed by atoms with Crippen molar-refractivity contribution >= 4 is 22.1 Å². The number of hydrogen-bond acceptors (Lipinski definition) is 3. The lowest BCUT2D eigenvalue weighted by Crippen LogP contribution is -1.81. The number of aromatic hydroxyl groups is 1. The van der Waals surface area contributed by atoms with Gasteiger partial charge in [-0.15, -0.1) is 10.2 Å². The van der Waals surface area contributed by atoms with Crippen molar-refractivity contribution in [1.29, 1.82) is 0 Å². The van der Waals surface area contributed by atoms with Gasteiger partial charge in [0, 0.05) is 5.39 Å². The second-order valence-corrected chi connectivity index (χ2v) is 3.01. The molecule has 0 aliphatic carbocycles. The van der Waals surface area contributed by atoms with Gasteiger partial charge in [-0.2, -0.15) is 0 Å². The van der Waals surface area contributed by atoms with E-state index in [2.05, 4.69) is 10.2 Å². The monoisotopic (exact) mass is 170 g/mol. The van der Waals surface area contributed by atoms with E-state index in [9.17, 15) is 5.11 Å². The van der Waals surface area contributed by atoms with Crippen molar-refractivity contribution in [3.63, 3.8) is 0 Å². The van der Waals surface area contributed by atoms with E-state index in [1.54, 1.807) is 0 Å². The molecule has 0 saturated carbocycles. The van der Waals surface area contributed by atoms with Crippen molar-refractivity contribution in [3.05, 3.63) is 30.3 Å². The van der Waals surface area contributed by atoms with Crippen molar-refractivity contribution in [1.82, 2.24) is 0 Å². The van der Waals surface area contributed by atoms with E-state index < -0.39 is 0 Å². The van der Waals surface area contributed by atoms with E-state index in [4.69, 9.17) is 0 Å². The number of phenolic OH excluding ortho intramolecular Hbond substituents is 1. The topological polar surface area (TPSA) is 45.0 Å². The number of hydrogen-bond donors (Lipinski definition) is 1. The largest absolute Gasteiger partial charge is 0.505 e. The van der Waals surface area contributed by atoms with Gasteiger partial charge in [0.15, 0.2) is 11.4 Å². The number of nitrogens with zero attached hydrogens (tertiary/aromatic N) is 2. The Hall–Kier alpha value is -1.90. The van der Waals surface area contributed by atoms with E-state index in [-0.39, 0.29) is 5.75 Å². The van der Waals surface area contributed by atoms with Crippen molar-refractivity contribution in [3.8, 4) is 5.75 Å². The lowest BCUT2D eigenvalue weighted by Gasteiger charge is -2.11. The molecular weight excluding hydrogens is 164 g/mol. The minimum absolute atomic E-state index is 0.239. The summed E-state index contributed by atoms with van der Waals surface area (Å²) in [5.74, 6) is 0.239. The zero-order valence-corrected chi connectivity index (χ0v) is 6.73. The number of benzene rings is 2. The molecular formula is C10H6N2O. The zero-order chi connectivity index (χ0) is 8.84. The quantitative estimate of drug-likeness (QED) is 0.552. The Kier molecular flexibility index (Phi) is 1.05. The zero-order valence-electron chi connectivity index (χ0n) is 6.73. The smallest absolute Gasteiger partial charge is 0.155 e. The van der Waals surface area contributed by atoms with E-state index in [1.807, 2.05) is 30.3 Å². The summed E-state index contributed by atoms with van der Waals surface area (Å²) in [7, 11) is 0. The highest BCUT2D eigenvalue weighted by molar-refractivity contribution is 5.98. The molecule has 0 spiro atoms. The van der Waals surface area contributed by atoms with Crippen LogP contribution in [0.4, 0.5) is 11.4 Å². The van der Waals surface area contributed by atoms with Gasteiger partial charge in [-0.1, -0.05) is 24.3 Å². The molecule has 0 unspecified atom stereocenters. The molecule has 1 heterocycles. The van der Waals surface area contributed by atoms with Crippen molar-refractivity contribution in [2.24, 2.45) is 10.2 Å². The summed E-state index contributed by atoms with van der Waals surface area (Å²) in [6.45, 7) is 0. The minimum atomic E-state index is 0.239. The summed E-state index contributed by atoms with van der Waals surface area (Å²) < 4.78 is 0. The molecule has 3 rings (SSSR count). The predicted molar refractivity (Wildman–Crippen MR) is 49.8 cm³/mol. The molecule has 2 aromatic carbocycles. The van der Waals surface area contributed by atoms with Crippen molar-refractivity contribution in [2.75, 3.05) is 0 Å². The molecule has 1 aliphatic rings. The molecule has 0 radical (unpaired) electrons. The van der Waals surface area contributed by atoms with Crippen molar-refractivity contribution in [2.45, 2.75) is 0 Å². The molecule has 13 heavy (non-hydrogen) atoms. The average molecular weight is 170 g/mol. The van der Waals surface area contributed by atoms with Crippen LogP contribution < -0.4 is 0 Å². The van der Waals surface area contributed by atoms with Gasteiger partial charge >= 0.3 is 0 Å². The highest BCUT2D eigenvalue weighted by Crippen LogP contribution is 2.48. The molecule has 62 valence electrons. The molecule has 3 heteroatoms. The first-order valence-corrected chi connectivity index (χ1v) is 4.03. The number of azo groups is 1. The molecule has 0 bridgehead atoms. The van der Waals surface area contributed by atoms with Crippen LogP contribution in [0.1, 0.15) is 0 Å². The summed E-state index contributed by atoms with van der Waals surface area (Å²) in [4.78, 5) is 0. The Morgan fingerprint density at radius 3 is 2.69 bits per heavy atom. The van der Waals surface area contributed by atoms with Gasteiger partial charge in [0.2, 0.25) is 0 Å². The Morgan fingerprint density at radius 1 is 1.08 bits per heavy atom. The first kappa shape index (κ1) is 6.60. The molecule has 0 fully saturated rings. The summed E-state index contributed by atoms with van der Waals surface area (Å²) >= 11 is 0. The van der Waals surface area contributed by atoms with Gasteiger partial charge in [-0.25, -0.2) is 0 Å². The van der Waals surface area contributed by atoms with E-state index in [1.165, 1.54) is 0 Å². The standard InChI is InChI=1S/C10H6N2O/c13-10-7-4-2-1-3-6(7)5-8-9(10)12-11-8/h1-5,13H. The van der Waals surface area contributed by atoms with Crippen LogP contribution in [-0.4, -0.2) is 5.11 Å². The molecule has 0 saturated heterocycles. The van der Waals surface area contributed by atoms with E-state index in [0.29, 0.717) is 5.69 Å². The maximum atomic E-state index is 9.74. The third kappa shape index (κ3) is 0.731. The van der Waals surface area contributed by atoms with Crippen LogP contribution in [0, 0.1) is 0 Å². The van der Waals surface area contributed by atoms with Gasteiger partial charge in [0.25, 0.3) is 0 Å². The molecule has 2 aromatic rings. The second-order valence-electron chi connectivity index (χ2n) is 3.01. The number of fused-ring (bicyclic) bond motifs is 2. The SMILES string of the molecule is Oc1c2c(cc3ccccc13)N=N2. The van der Waals surface area contributed by atoms with Crippen LogP contribution in [0.2, 0.25) is 0 Å². The predicted octanol–water partition coefficient (Wildman–Crippen LogP) is 3.27. The lowest BCUT2D eigenvalue weighted by atomic mass is 10.1. The molecule has 3 nitrogen and oxygen atoms in total. The summed E-state index contributed by atoms with van der Waals surface area (Å²) in [5.41, 5.74) is 1.38. The Bertz CT molecular complexity index is 532. The van der Waals surface area contributed by atoms with E-state index >= 15 is 0 Å². The summed E-state index contributed by atoms with van der Waals surface area (Å²) in [6, 6.07) is 9.58. The van der Waals surface area contributed by atoms with Gasteiger partial charge in [0.05, 0.1) is 0 Å².